The third-order valence-corrected chi connectivity index (χ3v) is 1.61. The van der Waals surface area contributed by atoms with E-state index in [1.165, 1.54) is 0 Å². The number of ketones is 1. The summed E-state index contributed by atoms with van der Waals surface area (Å²) in [5, 5.41) is 0. The molecule has 0 aliphatic heterocycles. The van der Waals surface area contributed by atoms with Crippen molar-refractivity contribution in [3.05, 3.63) is 35.9 Å². The number of benzene rings is 1. The van der Waals surface area contributed by atoms with Crippen LogP contribution in [0.1, 0.15) is 10.4 Å². The molecule has 1 aliphatic rings. The standard InChI is InChI=1S/C10H6O/c11-10(9-6-7-9)8-4-2-1-3-5-8/h1-5,9H. The Morgan fingerprint density at radius 3 is 2.36 bits per heavy atom. The maximum Gasteiger partial charge on any atom is 0.189 e. The zero-order chi connectivity index (χ0) is 7.68. The minimum Gasteiger partial charge on any atom is -0.292 e. The van der Waals surface area contributed by atoms with Crippen molar-refractivity contribution >= 4 is 5.78 Å². The Bertz CT molecular complexity index is 332. The van der Waals surface area contributed by atoms with Crippen molar-refractivity contribution in [1.29, 1.82) is 0 Å². The van der Waals surface area contributed by atoms with Crippen molar-refractivity contribution in [2.45, 2.75) is 0 Å². The average Bonchev–Trinajstić information content (AvgIpc) is 2.87. The Morgan fingerprint density at radius 2 is 1.82 bits per heavy atom. The van der Waals surface area contributed by atoms with Crippen molar-refractivity contribution in [1.82, 2.24) is 0 Å². The van der Waals surface area contributed by atoms with E-state index in [0.717, 1.165) is 5.56 Å². The first kappa shape index (κ1) is 6.18. The molecule has 0 saturated carbocycles. The minimum absolute atomic E-state index is 0.102. The Hall–Kier alpha value is -1.55. The molecule has 0 amide bonds. The van der Waals surface area contributed by atoms with Gasteiger partial charge < -0.3 is 0 Å². The third kappa shape index (κ3) is 1.15. The number of hydrogen-bond acceptors (Lipinski definition) is 1. The fourth-order valence-corrected chi connectivity index (χ4v) is 0.942. The van der Waals surface area contributed by atoms with Crippen LogP contribution in [0.4, 0.5) is 0 Å². The lowest BCUT2D eigenvalue weighted by molar-refractivity contribution is 0.0979. The zero-order valence-corrected chi connectivity index (χ0v) is 5.87. The maximum absolute atomic E-state index is 11.3. The lowest BCUT2D eigenvalue weighted by Crippen LogP contribution is -2.02. The van der Waals surface area contributed by atoms with E-state index in [-0.39, 0.29) is 11.7 Å². The molecular weight excluding hydrogens is 136 g/mol. The first-order valence-electron chi connectivity index (χ1n) is 3.48. The van der Waals surface area contributed by atoms with Crippen LogP contribution in [0, 0.1) is 17.8 Å². The quantitative estimate of drug-likeness (QED) is 0.451. The van der Waals surface area contributed by atoms with Gasteiger partial charge in [-0.3, -0.25) is 4.79 Å². The number of rotatable bonds is 2. The molecule has 0 saturated heterocycles. The molecule has 1 nitrogen and oxygen atoms in total. The molecule has 0 atom stereocenters. The summed E-state index contributed by atoms with van der Waals surface area (Å²) in [5.74, 6) is 5.41. The van der Waals surface area contributed by atoms with E-state index >= 15 is 0 Å². The van der Waals surface area contributed by atoms with E-state index < -0.39 is 0 Å². The van der Waals surface area contributed by atoms with Gasteiger partial charge >= 0.3 is 0 Å². The van der Waals surface area contributed by atoms with Crippen molar-refractivity contribution in [2.75, 3.05) is 0 Å². The maximum atomic E-state index is 11.3. The Labute approximate surface area is 65.0 Å². The molecule has 2 rings (SSSR count). The van der Waals surface area contributed by atoms with E-state index in [1.807, 2.05) is 30.3 Å². The van der Waals surface area contributed by atoms with Crippen molar-refractivity contribution < 1.29 is 4.79 Å². The van der Waals surface area contributed by atoms with Crippen LogP contribution in [0.25, 0.3) is 0 Å². The van der Waals surface area contributed by atoms with Crippen LogP contribution in [0.5, 0.6) is 0 Å². The predicted molar refractivity (Wildman–Crippen MR) is 42.0 cm³/mol. The van der Waals surface area contributed by atoms with Crippen LogP contribution in [0.2, 0.25) is 0 Å². The normalized spacial score (nSPS) is 13.5. The monoisotopic (exact) mass is 142 g/mol. The molecule has 1 aromatic carbocycles. The molecule has 11 heavy (non-hydrogen) atoms. The highest BCUT2D eigenvalue weighted by atomic mass is 16.1. The summed E-state index contributed by atoms with van der Waals surface area (Å²) < 4.78 is 0. The van der Waals surface area contributed by atoms with E-state index in [1.54, 1.807) is 0 Å². The second kappa shape index (κ2) is 2.25. The van der Waals surface area contributed by atoms with Crippen LogP contribution in [-0.4, -0.2) is 5.78 Å². The topological polar surface area (TPSA) is 17.1 Å². The fourth-order valence-electron chi connectivity index (χ4n) is 0.942. The fraction of sp³-hybridized carbons (Fsp3) is 0.100. The summed E-state index contributed by atoms with van der Waals surface area (Å²) in [6.45, 7) is 0. The van der Waals surface area contributed by atoms with Crippen LogP contribution in [0.3, 0.4) is 0 Å². The van der Waals surface area contributed by atoms with Gasteiger partial charge in [0.05, 0.1) is 0 Å². The molecule has 0 fully saturated rings. The van der Waals surface area contributed by atoms with Gasteiger partial charge in [-0.1, -0.05) is 42.2 Å². The van der Waals surface area contributed by atoms with Gasteiger partial charge in [-0.15, -0.1) is 0 Å². The molecule has 0 radical (unpaired) electrons. The summed E-state index contributed by atoms with van der Waals surface area (Å²) in [4.78, 5) is 11.3. The van der Waals surface area contributed by atoms with Gasteiger partial charge in [0.1, 0.15) is 5.92 Å². The van der Waals surface area contributed by atoms with Gasteiger partial charge in [0.2, 0.25) is 0 Å². The number of Topliss-reactive ketones (excluding diaryl/α,β-unsaturated/α-hetero) is 1. The van der Waals surface area contributed by atoms with E-state index in [9.17, 15) is 4.79 Å². The lowest BCUT2D eigenvalue weighted by atomic mass is 10.1. The molecule has 0 bridgehead atoms. The first-order valence-corrected chi connectivity index (χ1v) is 3.48. The van der Waals surface area contributed by atoms with Gasteiger partial charge in [0.15, 0.2) is 5.78 Å². The largest absolute Gasteiger partial charge is 0.292 e. The third-order valence-electron chi connectivity index (χ3n) is 1.61. The molecule has 1 aliphatic carbocycles. The summed E-state index contributed by atoms with van der Waals surface area (Å²) in [7, 11) is 0. The molecule has 0 heterocycles. The lowest BCUT2D eigenvalue weighted by Gasteiger charge is -1.94. The van der Waals surface area contributed by atoms with Crippen molar-refractivity contribution in [3.8, 4) is 11.8 Å². The van der Waals surface area contributed by atoms with Gasteiger partial charge in [0.25, 0.3) is 0 Å². The second-order valence-corrected chi connectivity index (χ2v) is 2.45. The van der Waals surface area contributed by atoms with E-state index in [4.69, 9.17) is 0 Å². The SMILES string of the molecule is O=C(c1ccccc1)C1C#C1. The summed E-state index contributed by atoms with van der Waals surface area (Å²) in [5.41, 5.74) is 0.745. The molecule has 1 aromatic rings. The van der Waals surface area contributed by atoms with Crippen LogP contribution in [-0.2, 0) is 0 Å². The first-order chi connectivity index (χ1) is 5.38. The zero-order valence-electron chi connectivity index (χ0n) is 5.87. The Morgan fingerprint density at radius 1 is 1.18 bits per heavy atom. The Kier molecular flexibility index (Phi) is 1.26. The molecule has 0 spiro atoms. The molecule has 1 heteroatoms. The van der Waals surface area contributed by atoms with E-state index in [0.29, 0.717) is 0 Å². The predicted octanol–water partition coefficient (Wildman–Crippen LogP) is 1.50. The second-order valence-electron chi connectivity index (χ2n) is 2.45. The minimum atomic E-state index is -0.155. The summed E-state index contributed by atoms with van der Waals surface area (Å²) in [6, 6.07) is 9.23. The molecule has 0 unspecified atom stereocenters. The Balaban J connectivity index is 2.22. The van der Waals surface area contributed by atoms with Crippen LogP contribution in [0.15, 0.2) is 30.3 Å². The molecule has 52 valence electrons. The average molecular weight is 142 g/mol. The highest BCUT2D eigenvalue weighted by molar-refractivity contribution is 6.04. The van der Waals surface area contributed by atoms with Gasteiger partial charge in [-0.2, -0.15) is 0 Å². The highest BCUT2D eigenvalue weighted by Crippen LogP contribution is 2.13. The van der Waals surface area contributed by atoms with Gasteiger partial charge in [-0.25, -0.2) is 0 Å². The van der Waals surface area contributed by atoms with Crippen molar-refractivity contribution in [3.63, 3.8) is 0 Å². The molecule has 0 N–H and O–H groups in total. The highest BCUT2D eigenvalue weighted by Gasteiger charge is 2.21. The summed E-state index contributed by atoms with van der Waals surface area (Å²) in [6.07, 6.45) is 0. The number of carbonyl (C=O) groups is 1. The van der Waals surface area contributed by atoms with Crippen molar-refractivity contribution in [2.24, 2.45) is 5.92 Å². The van der Waals surface area contributed by atoms with Crippen LogP contribution >= 0.6 is 0 Å². The van der Waals surface area contributed by atoms with Crippen LogP contribution < -0.4 is 0 Å². The van der Waals surface area contributed by atoms with Gasteiger partial charge in [0, 0.05) is 5.56 Å². The molecule has 0 aromatic heterocycles. The number of carbonyl (C=O) groups excluding carboxylic acids is 1. The molecular formula is C10H6O. The number of hydrogen-bond donors (Lipinski definition) is 0. The van der Waals surface area contributed by atoms with E-state index in [2.05, 4.69) is 11.8 Å². The van der Waals surface area contributed by atoms with Gasteiger partial charge in [-0.05, 0) is 0 Å². The summed E-state index contributed by atoms with van der Waals surface area (Å²) >= 11 is 0. The smallest absolute Gasteiger partial charge is 0.189 e.